The van der Waals surface area contributed by atoms with Crippen molar-refractivity contribution in [2.45, 2.75) is 65.5 Å². The summed E-state index contributed by atoms with van der Waals surface area (Å²) < 4.78 is 0. The van der Waals surface area contributed by atoms with Crippen molar-refractivity contribution in [2.75, 3.05) is 6.54 Å². The summed E-state index contributed by atoms with van der Waals surface area (Å²) >= 11 is 0. The van der Waals surface area contributed by atoms with Crippen LogP contribution in [0.4, 0.5) is 0 Å². The molecule has 1 fully saturated rings. The van der Waals surface area contributed by atoms with Gasteiger partial charge in [-0.25, -0.2) is 0 Å². The van der Waals surface area contributed by atoms with Gasteiger partial charge < -0.3 is 10.2 Å². The fourth-order valence-electron chi connectivity index (χ4n) is 2.58. The molecule has 0 bridgehead atoms. The largest absolute Gasteiger partial charge is 0.344 e. The van der Waals surface area contributed by atoms with Crippen LogP contribution in [-0.2, 0) is 9.59 Å². The van der Waals surface area contributed by atoms with Crippen LogP contribution in [0.2, 0.25) is 0 Å². The molecule has 1 aliphatic rings. The molecular formula is C14H26N2O2. The number of carbonyl (C=O) groups excluding carboxylic acids is 2. The summed E-state index contributed by atoms with van der Waals surface area (Å²) in [6.45, 7) is 8.99. The lowest BCUT2D eigenvalue weighted by Gasteiger charge is -2.31. The normalized spacial score (nSPS) is 26.8. The van der Waals surface area contributed by atoms with Gasteiger partial charge >= 0.3 is 0 Å². The second kappa shape index (κ2) is 6.76. The van der Waals surface area contributed by atoms with Crippen LogP contribution < -0.4 is 5.32 Å². The monoisotopic (exact) mass is 254 g/mol. The first-order chi connectivity index (χ1) is 8.49. The molecule has 0 aliphatic carbocycles. The van der Waals surface area contributed by atoms with E-state index in [-0.39, 0.29) is 23.9 Å². The summed E-state index contributed by atoms with van der Waals surface area (Å²) in [7, 11) is 0. The minimum Gasteiger partial charge on any atom is -0.344 e. The molecule has 18 heavy (non-hydrogen) atoms. The summed E-state index contributed by atoms with van der Waals surface area (Å²) in [5.41, 5.74) is 0. The maximum atomic E-state index is 12.4. The van der Waals surface area contributed by atoms with Gasteiger partial charge in [-0.15, -0.1) is 0 Å². The first-order valence-electron chi connectivity index (χ1n) is 7.09. The summed E-state index contributed by atoms with van der Waals surface area (Å²) in [6, 6.07) is -0.329. The molecule has 0 spiro atoms. The Balaban J connectivity index is 2.77. The average Bonchev–Trinajstić information content (AvgIpc) is 2.40. The van der Waals surface area contributed by atoms with Gasteiger partial charge in [0.2, 0.25) is 11.8 Å². The second-order valence-electron chi connectivity index (χ2n) is 5.47. The van der Waals surface area contributed by atoms with Gasteiger partial charge in [-0.1, -0.05) is 27.2 Å². The zero-order valence-corrected chi connectivity index (χ0v) is 12.0. The summed E-state index contributed by atoms with van der Waals surface area (Å²) in [5.74, 6) is 0.569. The molecule has 2 amide bonds. The molecule has 0 saturated carbocycles. The molecule has 0 aromatic carbocycles. The number of hydrogen-bond donors (Lipinski definition) is 1. The number of nitrogens with zero attached hydrogens (tertiary/aromatic N) is 1. The molecule has 1 rings (SSSR count). The van der Waals surface area contributed by atoms with Crippen molar-refractivity contribution in [3.05, 3.63) is 0 Å². The van der Waals surface area contributed by atoms with E-state index in [1.807, 2.05) is 18.7 Å². The van der Waals surface area contributed by atoms with E-state index >= 15 is 0 Å². The van der Waals surface area contributed by atoms with Crippen LogP contribution in [0.3, 0.4) is 0 Å². The van der Waals surface area contributed by atoms with Crippen LogP contribution in [-0.4, -0.2) is 35.3 Å². The van der Waals surface area contributed by atoms with Crippen molar-refractivity contribution in [3.63, 3.8) is 0 Å². The molecule has 1 aliphatic heterocycles. The minimum atomic E-state index is -0.337. The van der Waals surface area contributed by atoms with E-state index in [0.717, 1.165) is 19.4 Å². The Bertz CT molecular complexity index is 304. The van der Waals surface area contributed by atoms with Crippen molar-refractivity contribution < 1.29 is 9.59 Å². The van der Waals surface area contributed by atoms with Gasteiger partial charge in [0, 0.05) is 19.0 Å². The topological polar surface area (TPSA) is 49.4 Å². The Morgan fingerprint density at radius 3 is 2.61 bits per heavy atom. The fourth-order valence-corrected chi connectivity index (χ4v) is 2.58. The first kappa shape index (κ1) is 15.0. The highest BCUT2D eigenvalue weighted by Crippen LogP contribution is 2.17. The SMILES string of the molecule is CCCC(C)CN1C(=O)C(CC)NC(=O)CC1C. The Labute approximate surface area is 110 Å². The number of hydrogen-bond acceptors (Lipinski definition) is 2. The van der Waals surface area contributed by atoms with Crippen molar-refractivity contribution >= 4 is 11.8 Å². The quantitative estimate of drug-likeness (QED) is 0.815. The van der Waals surface area contributed by atoms with Crippen LogP contribution in [0.5, 0.6) is 0 Å². The predicted molar refractivity (Wildman–Crippen MR) is 72.1 cm³/mol. The van der Waals surface area contributed by atoms with Crippen LogP contribution in [0, 0.1) is 5.92 Å². The minimum absolute atomic E-state index is 0.00616. The number of nitrogens with one attached hydrogen (secondary N) is 1. The van der Waals surface area contributed by atoms with E-state index in [0.29, 0.717) is 18.8 Å². The third-order valence-corrected chi connectivity index (χ3v) is 3.63. The highest BCUT2D eigenvalue weighted by atomic mass is 16.2. The molecule has 4 heteroatoms. The van der Waals surface area contributed by atoms with E-state index in [2.05, 4.69) is 19.2 Å². The molecule has 0 aromatic rings. The lowest BCUT2D eigenvalue weighted by molar-refractivity contribution is -0.135. The molecular weight excluding hydrogens is 228 g/mol. The molecule has 3 atom stereocenters. The molecule has 1 saturated heterocycles. The first-order valence-corrected chi connectivity index (χ1v) is 7.09. The van der Waals surface area contributed by atoms with E-state index in [1.54, 1.807) is 0 Å². The van der Waals surface area contributed by atoms with Crippen molar-refractivity contribution in [2.24, 2.45) is 5.92 Å². The zero-order valence-electron chi connectivity index (χ0n) is 12.0. The standard InChI is InChI=1S/C14H26N2O2/c1-5-7-10(3)9-16-11(4)8-13(17)15-12(6-2)14(16)18/h10-12H,5-9H2,1-4H3,(H,15,17). The molecule has 104 valence electrons. The number of rotatable bonds is 5. The Morgan fingerprint density at radius 1 is 1.39 bits per heavy atom. The van der Waals surface area contributed by atoms with Gasteiger partial charge in [0.25, 0.3) is 0 Å². The van der Waals surface area contributed by atoms with Crippen molar-refractivity contribution in [1.82, 2.24) is 10.2 Å². The van der Waals surface area contributed by atoms with E-state index < -0.39 is 0 Å². The third-order valence-electron chi connectivity index (χ3n) is 3.63. The van der Waals surface area contributed by atoms with Crippen LogP contribution in [0.15, 0.2) is 0 Å². The maximum Gasteiger partial charge on any atom is 0.245 e. The molecule has 1 heterocycles. The van der Waals surface area contributed by atoms with Crippen LogP contribution >= 0.6 is 0 Å². The average molecular weight is 254 g/mol. The highest BCUT2D eigenvalue weighted by Gasteiger charge is 2.33. The van der Waals surface area contributed by atoms with Gasteiger partial charge in [0.1, 0.15) is 6.04 Å². The van der Waals surface area contributed by atoms with E-state index in [9.17, 15) is 9.59 Å². The van der Waals surface area contributed by atoms with Crippen molar-refractivity contribution in [3.8, 4) is 0 Å². The summed E-state index contributed by atoms with van der Waals surface area (Å²) in [5, 5.41) is 2.81. The summed E-state index contributed by atoms with van der Waals surface area (Å²) in [4.78, 5) is 26.0. The Hall–Kier alpha value is -1.06. The van der Waals surface area contributed by atoms with Crippen LogP contribution in [0.1, 0.15) is 53.4 Å². The van der Waals surface area contributed by atoms with Gasteiger partial charge in [0.15, 0.2) is 0 Å². The lowest BCUT2D eigenvalue weighted by atomic mass is 10.0. The predicted octanol–water partition coefficient (Wildman–Crippen LogP) is 1.94. The van der Waals surface area contributed by atoms with Crippen LogP contribution in [0.25, 0.3) is 0 Å². The Kier molecular flexibility index (Phi) is 5.63. The third kappa shape index (κ3) is 3.72. The van der Waals surface area contributed by atoms with Gasteiger partial charge in [-0.05, 0) is 25.7 Å². The molecule has 0 radical (unpaired) electrons. The van der Waals surface area contributed by atoms with Gasteiger partial charge in [0.05, 0.1) is 0 Å². The van der Waals surface area contributed by atoms with Gasteiger partial charge in [-0.3, -0.25) is 9.59 Å². The highest BCUT2D eigenvalue weighted by molar-refractivity contribution is 5.90. The van der Waals surface area contributed by atoms with E-state index in [4.69, 9.17) is 0 Å². The number of amides is 2. The Morgan fingerprint density at radius 2 is 2.06 bits per heavy atom. The molecule has 3 unspecified atom stereocenters. The van der Waals surface area contributed by atoms with Gasteiger partial charge in [-0.2, -0.15) is 0 Å². The second-order valence-corrected chi connectivity index (χ2v) is 5.47. The van der Waals surface area contributed by atoms with E-state index in [1.165, 1.54) is 0 Å². The zero-order chi connectivity index (χ0) is 13.7. The molecule has 4 nitrogen and oxygen atoms in total. The fraction of sp³-hybridized carbons (Fsp3) is 0.857. The summed E-state index contributed by atoms with van der Waals surface area (Å²) in [6.07, 6.45) is 3.33. The smallest absolute Gasteiger partial charge is 0.245 e. The molecule has 1 N–H and O–H groups in total. The molecule has 0 aromatic heterocycles. The number of carbonyl (C=O) groups is 2. The maximum absolute atomic E-state index is 12.4. The van der Waals surface area contributed by atoms with Crippen molar-refractivity contribution in [1.29, 1.82) is 0 Å². The lowest BCUT2D eigenvalue weighted by Crippen LogP contribution is -2.47.